The van der Waals surface area contributed by atoms with Crippen LogP contribution in [0.3, 0.4) is 0 Å². The number of hydrogen-bond donors (Lipinski definition) is 3. The van der Waals surface area contributed by atoms with Crippen molar-refractivity contribution >= 4 is 0 Å². The highest BCUT2D eigenvalue weighted by molar-refractivity contribution is 5.27. The summed E-state index contributed by atoms with van der Waals surface area (Å²) in [6.45, 7) is 6.64. The third-order valence-corrected chi connectivity index (χ3v) is 5.31. The van der Waals surface area contributed by atoms with Gasteiger partial charge in [0.15, 0.2) is 0 Å². The van der Waals surface area contributed by atoms with Gasteiger partial charge in [0.2, 0.25) is 0 Å². The van der Waals surface area contributed by atoms with Gasteiger partial charge in [-0.25, -0.2) is 5.43 Å². The molecular weight excluding hydrogens is 317 g/mol. The van der Waals surface area contributed by atoms with E-state index in [0.717, 1.165) is 50.3 Å². The zero-order valence-corrected chi connectivity index (χ0v) is 13.9. The van der Waals surface area contributed by atoms with E-state index in [-0.39, 0.29) is 11.5 Å². The topological polar surface area (TPSA) is 53.3 Å². The van der Waals surface area contributed by atoms with Gasteiger partial charge in [0.1, 0.15) is 0 Å². The van der Waals surface area contributed by atoms with Crippen molar-refractivity contribution in [2.75, 3.05) is 32.7 Å². The van der Waals surface area contributed by atoms with Crippen molar-refractivity contribution in [3.63, 3.8) is 0 Å². The predicted octanol–water partition coefficient (Wildman–Crippen LogP) is 2.14. The summed E-state index contributed by atoms with van der Waals surface area (Å²) in [5.74, 6) is 0.321. The molecule has 4 N–H and O–H groups in total. The number of nitrogens with one attached hydrogen (secondary N) is 2. The van der Waals surface area contributed by atoms with E-state index in [1.54, 1.807) is 12.1 Å². The van der Waals surface area contributed by atoms with Crippen LogP contribution in [0.1, 0.15) is 30.5 Å². The second kappa shape index (κ2) is 6.63. The highest BCUT2D eigenvalue weighted by Gasteiger charge is 2.37. The molecule has 4 nitrogen and oxygen atoms in total. The van der Waals surface area contributed by atoms with E-state index in [1.807, 2.05) is 0 Å². The van der Waals surface area contributed by atoms with Gasteiger partial charge in [-0.3, -0.25) is 5.43 Å². The van der Waals surface area contributed by atoms with Crippen LogP contribution in [-0.4, -0.2) is 37.6 Å². The van der Waals surface area contributed by atoms with Gasteiger partial charge >= 0.3 is 6.18 Å². The van der Waals surface area contributed by atoms with E-state index >= 15 is 0 Å². The average molecular weight is 342 g/mol. The first-order chi connectivity index (χ1) is 11.3. The van der Waals surface area contributed by atoms with Crippen LogP contribution in [0.15, 0.2) is 24.3 Å². The fourth-order valence-corrected chi connectivity index (χ4v) is 3.72. The van der Waals surface area contributed by atoms with Crippen LogP contribution in [-0.2, 0) is 6.18 Å². The maximum atomic E-state index is 12.7. The van der Waals surface area contributed by atoms with Gasteiger partial charge in [0, 0.05) is 25.6 Å². The lowest BCUT2D eigenvalue weighted by Gasteiger charge is -2.27. The molecule has 0 aliphatic carbocycles. The van der Waals surface area contributed by atoms with E-state index in [9.17, 15) is 13.2 Å². The van der Waals surface area contributed by atoms with Crippen molar-refractivity contribution in [3.05, 3.63) is 35.4 Å². The Balaban J connectivity index is 1.65. The Labute approximate surface area is 140 Å². The summed E-state index contributed by atoms with van der Waals surface area (Å²) in [5.41, 5.74) is 12.7. The van der Waals surface area contributed by atoms with Crippen LogP contribution in [0.2, 0.25) is 0 Å². The Bertz CT molecular complexity index is 560. The Morgan fingerprint density at radius 3 is 2.58 bits per heavy atom. The molecule has 0 bridgehead atoms. The van der Waals surface area contributed by atoms with Gasteiger partial charge in [-0.2, -0.15) is 13.2 Å². The third-order valence-electron chi connectivity index (χ3n) is 5.31. The molecule has 0 saturated carbocycles. The summed E-state index contributed by atoms with van der Waals surface area (Å²) >= 11 is 0. The molecule has 2 aliphatic heterocycles. The maximum Gasteiger partial charge on any atom is 0.416 e. The zero-order chi connectivity index (χ0) is 17.4. The smallest absolute Gasteiger partial charge is 0.330 e. The minimum Gasteiger partial charge on any atom is -0.330 e. The second-order valence-corrected chi connectivity index (χ2v) is 7.38. The molecule has 0 amide bonds. The van der Waals surface area contributed by atoms with Crippen LogP contribution in [0.4, 0.5) is 13.2 Å². The molecule has 7 heteroatoms. The first-order valence-corrected chi connectivity index (χ1v) is 8.39. The molecule has 2 heterocycles. The largest absolute Gasteiger partial charge is 0.416 e. The van der Waals surface area contributed by atoms with E-state index in [4.69, 9.17) is 5.73 Å². The molecule has 1 aromatic rings. The maximum absolute atomic E-state index is 12.7. The molecule has 0 radical (unpaired) electrons. The molecular formula is C17H25F3N4. The summed E-state index contributed by atoms with van der Waals surface area (Å²) in [6.07, 6.45) is -3.19. The quantitative estimate of drug-likeness (QED) is 0.785. The number of alkyl halides is 3. The SMILES string of the molecule is CC1(CN)CCN(CC2CNNC2c2ccc(C(F)(F)F)cc2)C1. The monoisotopic (exact) mass is 342 g/mol. The first-order valence-electron chi connectivity index (χ1n) is 8.39. The predicted molar refractivity (Wildman–Crippen MR) is 87.0 cm³/mol. The molecule has 24 heavy (non-hydrogen) atoms. The molecule has 134 valence electrons. The number of nitrogens with zero attached hydrogens (tertiary/aromatic N) is 1. The lowest BCUT2D eigenvalue weighted by Crippen LogP contribution is -2.35. The van der Waals surface area contributed by atoms with Crippen molar-refractivity contribution in [1.29, 1.82) is 0 Å². The van der Waals surface area contributed by atoms with E-state index < -0.39 is 11.7 Å². The number of nitrogens with two attached hydrogens (primary N) is 1. The standard InChI is InChI=1S/C17H25F3N4/c1-16(10-21)6-7-24(11-16)9-13-8-22-23-15(13)12-2-4-14(5-3-12)17(18,19)20/h2-5,13,15,22-23H,6-11,21H2,1H3. The molecule has 1 aromatic carbocycles. The summed E-state index contributed by atoms with van der Waals surface area (Å²) < 4.78 is 38.1. The van der Waals surface area contributed by atoms with Gasteiger partial charge in [-0.05, 0) is 42.6 Å². The highest BCUT2D eigenvalue weighted by Crippen LogP contribution is 2.34. The lowest BCUT2D eigenvalue weighted by molar-refractivity contribution is -0.137. The van der Waals surface area contributed by atoms with E-state index in [2.05, 4.69) is 22.7 Å². The fraction of sp³-hybridized carbons (Fsp3) is 0.647. The second-order valence-electron chi connectivity index (χ2n) is 7.38. The van der Waals surface area contributed by atoms with Crippen LogP contribution in [0.25, 0.3) is 0 Å². The Kier molecular flexibility index (Phi) is 4.88. The summed E-state index contributed by atoms with van der Waals surface area (Å²) in [7, 11) is 0. The molecule has 2 aliphatic rings. The molecule has 3 unspecified atom stereocenters. The van der Waals surface area contributed by atoms with Crippen LogP contribution >= 0.6 is 0 Å². The van der Waals surface area contributed by atoms with Gasteiger partial charge in [-0.15, -0.1) is 0 Å². The molecule has 3 rings (SSSR count). The molecule has 2 fully saturated rings. The number of benzene rings is 1. The minimum absolute atomic E-state index is 0.0250. The molecule has 0 spiro atoms. The Morgan fingerprint density at radius 2 is 2.00 bits per heavy atom. The van der Waals surface area contributed by atoms with Gasteiger partial charge in [-0.1, -0.05) is 19.1 Å². The number of rotatable bonds is 4. The van der Waals surface area contributed by atoms with Crippen LogP contribution < -0.4 is 16.6 Å². The average Bonchev–Trinajstić information content (AvgIpc) is 3.15. The Hall–Kier alpha value is -1.15. The summed E-state index contributed by atoms with van der Waals surface area (Å²) in [5, 5.41) is 0. The van der Waals surface area contributed by atoms with Crippen LogP contribution in [0.5, 0.6) is 0 Å². The Morgan fingerprint density at radius 1 is 1.29 bits per heavy atom. The summed E-state index contributed by atoms with van der Waals surface area (Å²) in [4.78, 5) is 2.42. The fourth-order valence-electron chi connectivity index (χ4n) is 3.72. The van der Waals surface area contributed by atoms with Gasteiger partial charge in [0.25, 0.3) is 0 Å². The van der Waals surface area contributed by atoms with Gasteiger partial charge < -0.3 is 10.6 Å². The van der Waals surface area contributed by atoms with E-state index in [1.165, 1.54) is 0 Å². The number of hydrazine groups is 1. The molecule has 0 aromatic heterocycles. The van der Waals surface area contributed by atoms with E-state index in [0.29, 0.717) is 12.5 Å². The minimum atomic E-state index is -4.29. The van der Waals surface area contributed by atoms with Crippen molar-refractivity contribution in [1.82, 2.24) is 15.8 Å². The number of likely N-dealkylation sites (tertiary alicyclic amines) is 1. The van der Waals surface area contributed by atoms with Crippen molar-refractivity contribution in [2.24, 2.45) is 17.1 Å². The van der Waals surface area contributed by atoms with Crippen molar-refractivity contribution in [2.45, 2.75) is 25.6 Å². The highest BCUT2D eigenvalue weighted by atomic mass is 19.4. The van der Waals surface area contributed by atoms with Crippen molar-refractivity contribution < 1.29 is 13.2 Å². The third kappa shape index (κ3) is 3.74. The number of hydrogen-bond acceptors (Lipinski definition) is 4. The molecule has 2 saturated heterocycles. The summed E-state index contributed by atoms with van der Waals surface area (Å²) in [6, 6.07) is 5.50. The normalized spacial score (nSPS) is 31.7. The van der Waals surface area contributed by atoms with Crippen molar-refractivity contribution in [3.8, 4) is 0 Å². The zero-order valence-electron chi connectivity index (χ0n) is 13.9. The first kappa shape index (κ1) is 17.7. The van der Waals surface area contributed by atoms with Crippen LogP contribution in [0, 0.1) is 11.3 Å². The lowest BCUT2D eigenvalue weighted by atomic mass is 9.90. The molecule has 3 atom stereocenters. The van der Waals surface area contributed by atoms with Gasteiger partial charge in [0.05, 0.1) is 11.6 Å². The number of halogens is 3.